The lowest BCUT2D eigenvalue weighted by Crippen LogP contribution is -2.51. The minimum atomic E-state index is -1.47. The van der Waals surface area contributed by atoms with E-state index in [2.05, 4.69) is 36.3 Å². The van der Waals surface area contributed by atoms with Crippen LogP contribution in [0.25, 0.3) is 11.4 Å². The summed E-state index contributed by atoms with van der Waals surface area (Å²) in [6.45, 7) is 6.85. The molecular weight excluding hydrogens is 539 g/mol. The number of carbonyl (C=O) groups is 3. The number of H-pyrrole nitrogens is 1. The SMILES string of the molecule is Cc1cccc2c1N(CC(=O)C(C)(C)C)C(=O)[C@H](NC(=O)Nc1cccc(-c3nnn[nH]3)c1)N=C2c1ccccc1F. The maximum atomic E-state index is 15.1. The number of rotatable bonds is 6. The lowest BCUT2D eigenvalue weighted by Gasteiger charge is -2.29. The van der Waals surface area contributed by atoms with Gasteiger partial charge in [0.25, 0.3) is 5.91 Å². The molecule has 11 nitrogen and oxygen atoms in total. The summed E-state index contributed by atoms with van der Waals surface area (Å²) in [5, 5.41) is 19.0. The van der Waals surface area contributed by atoms with Crippen molar-refractivity contribution in [2.45, 2.75) is 33.9 Å². The summed E-state index contributed by atoms with van der Waals surface area (Å²) in [7, 11) is 0. The van der Waals surface area contributed by atoms with Crippen LogP contribution in [0.5, 0.6) is 0 Å². The van der Waals surface area contributed by atoms with Gasteiger partial charge in [-0.3, -0.25) is 9.59 Å². The summed E-state index contributed by atoms with van der Waals surface area (Å²) in [5.74, 6) is -0.964. The van der Waals surface area contributed by atoms with Crippen LogP contribution in [0, 0.1) is 18.2 Å². The third-order valence-corrected chi connectivity index (χ3v) is 6.80. The van der Waals surface area contributed by atoms with Crippen LogP contribution in [-0.4, -0.2) is 56.8 Å². The van der Waals surface area contributed by atoms with Crippen LogP contribution in [0.15, 0.2) is 71.7 Å². The van der Waals surface area contributed by atoms with E-state index in [4.69, 9.17) is 0 Å². The van der Waals surface area contributed by atoms with Crippen LogP contribution in [0.1, 0.15) is 37.5 Å². The number of urea groups is 1. The molecule has 5 rings (SSSR count). The van der Waals surface area contributed by atoms with Gasteiger partial charge in [0.1, 0.15) is 5.82 Å². The van der Waals surface area contributed by atoms with Gasteiger partial charge in [-0.25, -0.2) is 19.3 Å². The van der Waals surface area contributed by atoms with Gasteiger partial charge in [-0.1, -0.05) is 63.2 Å². The Morgan fingerprint density at radius 3 is 2.48 bits per heavy atom. The third kappa shape index (κ3) is 5.78. The minimum absolute atomic E-state index is 0.154. The number of aliphatic imine (C=N–C) groups is 1. The number of anilines is 2. The van der Waals surface area contributed by atoms with E-state index in [1.807, 2.05) is 0 Å². The van der Waals surface area contributed by atoms with E-state index in [1.54, 1.807) is 88.4 Å². The largest absolute Gasteiger partial charge is 0.321 e. The number of nitrogens with zero attached hydrogens (tertiary/aromatic N) is 5. The summed E-state index contributed by atoms with van der Waals surface area (Å²) in [5.41, 5.74) is 2.21. The van der Waals surface area contributed by atoms with Crippen molar-refractivity contribution in [3.8, 4) is 11.4 Å². The van der Waals surface area contributed by atoms with Crippen molar-refractivity contribution in [3.05, 3.63) is 89.2 Å². The molecule has 0 radical (unpaired) electrons. The number of amides is 3. The Morgan fingerprint density at radius 2 is 1.76 bits per heavy atom. The van der Waals surface area contributed by atoms with Crippen molar-refractivity contribution in [2.24, 2.45) is 10.4 Å². The molecule has 0 fully saturated rings. The fourth-order valence-corrected chi connectivity index (χ4v) is 4.54. The number of hydrogen-bond donors (Lipinski definition) is 3. The molecule has 1 aromatic heterocycles. The topological polar surface area (TPSA) is 145 Å². The van der Waals surface area contributed by atoms with E-state index >= 15 is 4.39 Å². The van der Waals surface area contributed by atoms with Crippen molar-refractivity contribution in [2.75, 3.05) is 16.8 Å². The van der Waals surface area contributed by atoms with Crippen molar-refractivity contribution >= 4 is 34.8 Å². The first kappa shape index (κ1) is 28.3. The number of ketones is 1. The number of halogens is 1. The number of aromatic nitrogens is 4. The Hall–Kier alpha value is -5.26. The lowest BCUT2D eigenvalue weighted by atomic mass is 9.90. The number of nitrogens with one attached hydrogen (secondary N) is 3. The highest BCUT2D eigenvalue weighted by atomic mass is 19.1. The highest BCUT2D eigenvalue weighted by molar-refractivity contribution is 6.21. The molecule has 1 aliphatic rings. The second kappa shape index (κ2) is 11.3. The summed E-state index contributed by atoms with van der Waals surface area (Å²) < 4.78 is 15.1. The Labute approximate surface area is 241 Å². The number of fused-ring (bicyclic) bond motifs is 1. The van der Waals surface area contributed by atoms with Crippen molar-refractivity contribution < 1.29 is 18.8 Å². The van der Waals surface area contributed by atoms with Crippen LogP contribution >= 0.6 is 0 Å². The standard InChI is InChI=1S/C30H29FN8O3/c1-17-9-7-13-21-24(20-12-5-6-14-22(20)31)33-27(28(41)39(25(17)21)16-23(40)30(2,3)4)34-29(42)32-19-11-8-10-18(15-19)26-35-37-38-36-26/h5-15,27H,16H2,1-4H3,(H2,32,34,42)(H,35,36,37,38)/t27-/m0/s1. The molecule has 0 bridgehead atoms. The Kier molecular flexibility index (Phi) is 7.62. The molecule has 12 heteroatoms. The summed E-state index contributed by atoms with van der Waals surface area (Å²) in [6.07, 6.45) is -1.47. The quantitative estimate of drug-likeness (QED) is 0.317. The van der Waals surface area contributed by atoms with Crippen molar-refractivity contribution in [1.29, 1.82) is 0 Å². The van der Waals surface area contributed by atoms with Gasteiger partial charge in [-0.05, 0) is 47.2 Å². The van der Waals surface area contributed by atoms with Gasteiger partial charge in [-0.2, -0.15) is 0 Å². The molecule has 0 aliphatic carbocycles. The Morgan fingerprint density at radius 1 is 1.02 bits per heavy atom. The van der Waals surface area contributed by atoms with E-state index < -0.39 is 29.3 Å². The number of aromatic amines is 1. The molecule has 4 aromatic rings. The second-order valence-electron chi connectivity index (χ2n) is 10.9. The van der Waals surface area contributed by atoms with E-state index in [9.17, 15) is 14.4 Å². The number of aryl methyl sites for hydroxylation is 1. The fourth-order valence-electron chi connectivity index (χ4n) is 4.54. The predicted molar refractivity (Wildman–Crippen MR) is 156 cm³/mol. The highest BCUT2D eigenvalue weighted by Gasteiger charge is 2.37. The molecule has 2 heterocycles. The highest BCUT2D eigenvalue weighted by Crippen LogP contribution is 2.33. The zero-order valence-electron chi connectivity index (χ0n) is 23.5. The normalized spacial score (nSPS) is 15.0. The maximum absolute atomic E-state index is 15.1. The molecule has 0 saturated heterocycles. The van der Waals surface area contributed by atoms with Gasteiger partial charge in [0.15, 0.2) is 11.6 Å². The maximum Gasteiger partial charge on any atom is 0.321 e. The van der Waals surface area contributed by atoms with Crippen LogP contribution in [0.2, 0.25) is 0 Å². The first-order valence-corrected chi connectivity index (χ1v) is 13.2. The fraction of sp³-hybridized carbons (Fsp3) is 0.233. The zero-order chi connectivity index (χ0) is 30.0. The van der Waals surface area contributed by atoms with Crippen LogP contribution < -0.4 is 15.5 Å². The molecule has 3 aromatic carbocycles. The third-order valence-electron chi connectivity index (χ3n) is 6.80. The minimum Gasteiger partial charge on any atom is -0.308 e. The van der Waals surface area contributed by atoms with E-state index in [-0.39, 0.29) is 23.6 Å². The predicted octanol–water partition coefficient (Wildman–Crippen LogP) is 4.26. The van der Waals surface area contributed by atoms with Crippen LogP contribution in [0.4, 0.5) is 20.6 Å². The van der Waals surface area contributed by atoms with E-state index in [0.29, 0.717) is 33.9 Å². The van der Waals surface area contributed by atoms with Gasteiger partial charge in [-0.15, -0.1) is 5.10 Å². The molecule has 0 spiro atoms. The monoisotopic (exact) mass is 568 g/mol. The lowest BCUT2D eigenvalue weighted by molar-refractivity contribution is -0.127. The second-order valence-corrected chi connectivity index (χ2v) is 10.9. The van der Waals surface area contributed by atoms with Crippen molar-refractivity contribution in [3.63, 3.8) is 0 Å². The molecule has 1 atom stereocenters. The van der Waals surface area contributed by atoms with E-state index in [0.717, 1.165) is 0 Å². The van der Waals surface area contributed by atoms with E-state index in [1.165, 1.54) is 11.0 Å². The molecule has 3 amide bonds. The number of carbonyl (C=O) groups excluding carboxylic acids is 3. The molecule has 0 unspecified atom stereocenters. The van der Waals surface area contributed by atoms with Crippen LogP contribution in [-0.2, 0) is 9.59 Å². The molecule has 1 aliphatic heterocycles. The number of benzodiazepines with no additional fused rings is 1. The summed E-state index contributed by atoms with van der Waals surface area (Å²) in [6, 6.07) is 17.4. The van der Waals surface area contributed by atoms with Crippen molar-refractivity contribution in [1.82, 2.24) is 25.9 Å². The summed E-state index contributed by atoms with van der Waals surface area (Å²) in [4.78, 5) is 46.5. The number of benzene rings is 3. The van der Waals surface area contributed by atoms with Gasteiger partial charge >= 0.3 is 6.03 Å². The zero-order valence-corrected chi connectivity index (χ0v) is 23.5. The number of hydrogen-bond acceptors (Lipinski definition) is 7. The van der Waals surface area contributed by atoms with Gasteiger partial charge < -0.3 is 15.5 Å². The molecule has 0 saturated carbocycles. The Bertz CT molecular complexity index is 1690. The average molecular weight is 569 g/mol. The molecule has 214 valence electrons. The average Bonchev–Trinajstić information content (AvgIpc) is 3.46. The number of para-hydroxylation sites is 1. The first-order chi connectivity index (χ1) is 20.0. The molecule has 3 N–H and O–H groups in total. The summed E-state index contributed by atoms with van der Waals surface area (Å²) >= 11 is 0. The van der Waals surface area contributed by atoms with Gasteiger partial charge in [0, 0.05) is 27.8 Å². The molecule has 42 heavy (non-hydrogen) atoms. The number of tetrazole rings is 1. The number of Topliss-reactive ketones (excluding diaryl/α,β-unsaturated/α-hetero) is 1. The van der Waals surface area contributed by atoms with Gasteiger partial charge in [0.2, 0.25) is 6.17 Å². The molecular formula is C30H29FN8O3. The van der Waals surface area contributed by atoms with Gasteiger partial charge in [0.05, 0.1) is 17.9 Å². The van der Waals surface area contributed by atoms with Crippen LogP contribution in [0.3, 0.4) is 0 Å². The first-order valence-electron chi connectivity index (χ1n) is 13.2. The smallest absolute Gasteiger partial charge is 0.308 e. The Balaban J connectivity index is 1.55.